The van der Waals surface area contributed by atoms with Gasteiger partial charge in [0.1, 0.15) is 6.04 Å². The number of hydrogen-bond donors (Lipinski definition) is 1. The smallest absolute Gasteiger partial charge is 0.326 e. The lowest BCUT2D eigenvalue weighted by molar-refractivity contribution is -0.141. The Hall–Kier alpha value is -2.99. The Balaban J connectivity index is 2.06. The van der Waals surface area contributed by atoms with Gasteiger partial charge in [-0.3, -0.25) is 4.79 Å². The minimum Gasteiger partial charge on any atom is -0.480 e. The first-order valence-electron chi connectivity index (χ1n) is 8.25. The summed E-state index contributed by atoms with van der Waals surface area (Å²) in [7, 11) is 0. The van der Waals surface area contributed by atoms with Crippen LogP contribution >= 0.6 is 11.3 Å². The van der Waals surface area contributed by atoms with Crippen molar-refractivity contribution in [3.05, 3.63) is 71.0 Å². The summed E-state index contributed by atoms with van der Waals surface area (Å²) >= 11 is 1.31. The van der Waals surface area contributed by atoms with Gasteiger partial charge < -0.3 is 9.67 Å². The number of carboxylic acid groups (broad SMARTS) is 1. The van der Waals surface area contributed by atoms with Crippen molar-refractivity contribution < 1.29 is 14.7 Å². The van der Waals surface area contributed by atoms with Gasteiger partial charge in [0, 0.05) is 6.08 Å². The van der Waals surface area contributed by atoms with Crippen molar-refractivity contribution in [2.45, 2.75) is 19.4 Å². The van der Waals surface area contributed by atoms with E-state index in [4.69, 9.17) is 0 Å². The number of hydrogen-bond acceptors (Lipinski definition) is 3. The maximum Gasteiger partial charge on any atom is 0.326 e. The Morgan fingerprint density at radius 3 is 2.54 bits per heavy atom. The minimum atomic E-state index is -0.940. The molecule has 0 fully saturated rings. The van der Waals surface area contributed by atoms with E-state index in [-0.39, 0.29) is 0 Å². The molecule has 1 atom stereocenters. The highest BCUT2D eigenvalue weighted by Crippen LogP contribution is 2.22. The summed E-state index contributed by atoms with van der Waals surface area (Å²) in [4.78, 5) is 28.5. The van der Waals surface area contributed by atoms with Gasteiger partial charge in [-0.05, 0) is 30.2 Å². The van der Waals surface area contributed by atoms with Crippen LogP contribution in [-0.2, 0) is 9.59 Å². The second-order valence-corrected chi connectivity index (χ2v) is 6.69. The number of thiazole rings is 1. The Morgan fingerprint density at radius 1 is 1.15 bits per heavy atom. The van der Waals surface area contributed by atoms with E-state index in [1.807, 2.05) is 54.6 Å². The third-order valence-electron chi connectivity index (χ3n) is 3.94. The second kappa shape index (κ2) is 7.93. The summed E-state index contributed by atoms with van der Waals surface area (Å²) in [5.41, 5.74) is 1.67. The molecule has 132 valence electrons. The lowest BCUT2D eigenvalue weighted by Gasteiger charge is -2.13. The molecule has 1 unspecified atom stereocenters. The lowest BCUT2D eigenvalue weighted by atomic mass is 10.2. The van der Waals surface area contributed by atoms with Gasteiger partial charge in [-0.15, -0.1) is 0 Å². The van der Waals surface area contributed by atoms with Gasteiger partial charge in [0.05, 0.1) is 10.2 Å². The Morgan fingerprint density at radius 2 is 1.85 bits per heavy atom. The molecule has 0 radical (unpaired) electrons. The quantitative estimate of drug-likeness (QED) is 0.697. The molecule has 3 aromatic rings. The van der Waals surface area contributed by atoms with Crippen molar-refractivity contribution in [3.63, 3.8) is 0 Å². The zero-order valence-electron chi connectivity index (χ0n) is 14.2. The molecule has 0 aliphatic rings. The zero-order valence-corrected chi connectivity index (χ0v) is 15.0. The molecule has 1 heterocycles. The fourth-order valence-corrected chi connectivity index (χ4v) is 3.78. The molecular weight excluding hydrogens is 348 g/mol. The van der Waals surface area contributed by atoms with Gasteiger partial charge in [-0.1, -0.05) is 60.7 Å². The van der Waals surface area contributed by atoms with Crippen LogP contribution in [0, 0.1) is 0 Å². The molecular formula is C20H18N2O3S. The standard InChI is InChI=1S/C20H18N2O3S/c1-2-15(19(24)25)22-16-10-6-7-11-17(16)26-20(22)21-18(23)13-12-14-8-4-3-5-9-14/h3-13,15H,2H2,1H3,(H,24,25)/b13-12+,21-20-. The van der Waals surface area contributed by atoms with E-state index in [1.165, 1.54) is 17.4 Å². The summed E-state index contributed by atoms with van der Waals surface area (Å²) < 4.78 is 2.53. The number of aliphatic carboxylic acids is 1. The molecule has 26 heavy (non-hydrogen) atoms. The van der Waals surface area contributed by atoms with E-state index in [0.29, 0.717) is 11.2 Å². The molecule has 0 bridgehead atoms. The van der Waals surface area contributed by atoms with Crippen LogP contribution in [0.4, 0.5) is 0 Å². The third kappa shape index (κ3) is 3.81. The van der Waals surface area contributed by atoms with Gasteiger partial charge in [-0.2, -0.15) is 4.99 Å². The highest BCUT2D eigenvalue weighted by molar-refractivity contribution is 7.16. The van der Waals surface area contributed by atoms with Crippen molar-refractivity contribution in [2.24, 2.45) is 4.99 Å². The first-order valence-corrected chi connectivity index (χ1v) is 9.06. The van der Waals surface area contributed by atoms with Gasteiger partial charge in [-0.25, -0.2) is 4.79 Å². The Labute approximate surface area is 154 Å². The predicted molar refractivity (Wildman–Crippen MR) is 103 cm³/mol. The van der Waals surface area contributed by atoms with Crippen LogP contribution < -0.4 is 4.80 Å². The number of nitrogens with zero attached hydrogens (tertiary/aromatic N) is 2. The SMILES string of the molecule is CCC(C(=O)O)n1/c(=N/C(=O)/C=C/c2ccccc2)sc2ccccc21. The number of carboxylic acids is 1. The molecule has 0 spiro atoms. The van der Waals surface area contributed by atoms with E-state index in [9.17, 15) is 14.7 Å². The lowest BCUT2D eigenvalue weighted by Crippen LogP contribution is -2.27. The van der Waals surface area contributed by atoms with E-state index in [2.05, 4.69) is 4.99 Å². The molecule has 0 aliphatic heterocycles. The summed E-state index contributed by atoms with van der Waals surface area (Å²) in [6.45, 7) is 1.80. The van der Waals surface area contributed by atoms with E-state index in [0.717, 1.165) is 15.8 Å². The predicted octanol–water partition coefficient (Wildman–Crippen LogP) is 3.88. The molecule has 1 aromatic heterocycles. The van der Waals surface area contributed by atoms with Crippen molar-refractivity contribution in [3.8, 4) is 0 Å². The number of benzene rings is 2. The normalized spacial score (nSPS) is 13.3. The average molecular weight is 366 g/mol. The summed E-state index contributed by atoms with van der Waals surface area (Å²) in [5, 5.41) is 9.56. The van der Waals surface area contributed by atoms with Crippen LogP contribution in [0.1, 0.15) is 24.9 Å². The molecule has 0 aliphatic carbocycles. The molecule has 6 heteroatoms. The number of fused-ring (bicyclic) bond motifs is 1. The van der Waals surface area contributed by atoms with Gasteiger partial charge in [0.2, 0.25) is 0 Å². The largest absolute Gasteiger partial charge is 0.480 e. The molecule has 5 nitrogen and oxygen atoms in total. The minimum absolute atomic E-state index is 0.392. The van der Waals surface area contributed by atoms with Gasteiger partial charge >= 0.3 is 5.97 Å². The van der Waals surface area contributed by atoms with Gasteiger partial charge in [0.15, 0.2) is 4.80 Å². The van der Waals surface area contributed by atoms with Crippen molar-refractivity contribution in [2.75, 3.05) is 0 Å². The van der Waals surface area contributed by atoms with Crippen LogP contribution in [0.5, 0.6) is 0 Å². The molecule has 1 amide bonds. The van der Waals surface area contributed by atoms with Crippen LogP contribution in [0.25, 0.3) is 16.3 Å². The fraction of sp³-hybridized carbons (Fsp3) is 0.150. The summed E-state index contributed by atoms with van der Waals surface area (Å²) in [6, 6.07) is 16.2. The number of aromatic nitrogens is 1. The second-order valence-electron chi connectivity index (χ2n) is 5.68. The van der Waals surface area contributed by atoms with Gasteiger partial charge in [0.25, 0.3) is 5.91 Å². The molecule has 1 N–H and O–H groups in total. The van der Waals surface area contributed by atoms with Crippen LogP contribution in [0.15, 0.2) is 65.7 Å². The van der Waals surface area contributed by atoms with E-state index >= 15 is 0 Å². The molecule has 0 saturated carbocycles. The first kappa shape index (κ1) is 17.8. The van der Waals surface area contributed by atoms with Crippen molar-refractivity contribution in [1.29, 1.82) is 0 Å². The first-order chi connectivity index (χ1) is 12.6. The summed E-state index contributed by atoms with van der Waals surface area (Å²) in [5.74, 6) is -1.36. The van der Waals surface area contributed by atoms with Crippen molar-refractivity contribution in [1.82, 2.24) is 4.57 Å². The Bertz CT molecular complexity index is 1030. The summed E-state index contributed by atoms with van der Waals surface area (Å²) in [6.07, 6.45) is 3.49. The van der Waals surface area contributed by atoms with Crippen molar-refractivity contribution >= 4 is 39.5 Å². The molecule has 2 aromatic carbocycles. The Kier molecular flexibility index (Phi) is 5.43. The maximum atomic E-state index is 12.3. The number of carbonyl (C=O) groups excluding carboxylic acids is 1. The number of carbonyl (C=O) groups is 2. The fourth-order valence-electron chi connectivity index (χ4n) is 2.70. The zero-order chi connectivity index (χ0) is 18.5. The van der Waals surface area contributed by atoms with E-state index in [1.54, 1.807) is 17.6 Å². The monoisotopic (exact) mass is 366 g/mol. The van der Waals surface area contributed by atoms with Crippen LogP contribution in [0.3, 0.4) is 0 Å². The average Bonchev–Trinajstić information content (AvgIpc) is 2.99. The number of amides is 1. The van der Waals surface area contributed by atoms with Crippen LogP contribution in [-0.4, -0.2) is 21.6 Å². The van der Waals surface area contributed by atoms with E-state index < -0.39 is 17.9 Å². The van der Waals surface area contributed by atoms with Crippen LogP contribution in [0.2, 0.25) is 0 Å². The maximum absolute atomic E-state index is 12.3. The molecule has 0 saturated heterocycles. The topological polar surface area (TPSA) is 71.7 Å². The number of para-hydroxylation sites is 1. The third-order valence-corrected chi connectivity index (χ3v) is 4.98. The highest BCUT2D eigenvalue weighted by atomic mass is 32.1. The highest BCUT2D eigenvalue weighted by Gasteiger charge is 2.21. The number of rotatable bonds is 5. The molecule has 3 rings (SSSR count).